The molecule has 0 aliphatic carbocycles. The molecule has 0 radical (unpaired) electrons. The smallest absolute Gasteiger partial charge is 0.109 e. The molecule has 2 atom stereocenters. The van der Waals surface area contributed by atoms with Gasteiger partial charge in [-0.2, -0.15) is 0 Å². The lowest BCUT2D eigenvalue weighted by molar-refractivity contribution is -0.0398. The molecule has 0 saturated carbocycles. The number of aromatic nitrogens is 1. The van der Waals surface area contributed by atoms with Crippen molar-refractivity contribution in [1.29, 1.82) is 0 Å². The Hall–Kier alpha value is -0.970. The van der Waals surface area contributed by atoms with E-state index in [1.54, 1.807) is 0 Å². The summed E-state index contributed by atoms with van der Waals surface area (Å²) in [4.78, 5) is 9.85. The number of pyridine rings is 1. The maximum absolute atomic E-state index is 11.0. The predicted octanol–water partition coefficient (Wildman–Crippen LogP) is 2.94. The Morgan fingerprint density at radius 2 is 1.88 bits per heavy atom. The monoisotopic (exact) mass is 343 g/mol. The molecular formula is C21H33N3O. The average Bonchev–Trinajstić information content (AvgIpc) is 2.64. The Morgan fingerprint density at radius 3 is 2.64 bits per heavy atom. The highest BCUT2D eigenvalue weighted by Crippen LogP contribution is 2.35. The van der Waals surface area contributed by atoms with Gasteiger partial charge in [-0.3, -0.25) is 4.98 Å². The third-order valence-corrected chi connectivity index (χ3v) is 6.79. The van der Waals surface area contributed by atoms with E-state index in [4.69, 9.17) is 0 Å². The van der Waals surface area contributed by atoms with Gasteiger partial charge in [0.25, 0.3) is 0 Å². The SMILES string of the molecule is Cc1ccc(C2(O)CCN(C[C@@H]3CCCN4CCCC[C@H]34)CC2)nc1. The molecule has 0 unspecified atom stereocenters. The number of aliphatic hydroxyl groups is 1. The molecule has 4 heteroatoms. The first-order valence-corrected chi connectivity index (χ1v) is 10.3. The number of rotatable bonds is 3. The van der Waals surface area contributed by atoms with E-state index in [1.165, 1.54) is 51.7 Å². The Bertz CT molecular complexity index is 563. The lowest BCUT2D eigenvalue weighted by Gasteiger charge is -2.47. The first kappa shape index (κ1) is 17.4. The van der Waals surface area contributed by atoms with Crippen molar-refractivity contribution in [3.63, 3.8) is 0 Å². The Morgan fingerprint density at radius 1 is 1.08 bits per heavy atom. The standard InChI is InChI=1S/C21H33N3O/c1-17-7-8-20(22-15-17)21(25)9-13-23(14-10-21)16-18-5-4-12-24-11-3-2-6-19(18)24/h7-8,15,18-19,25H,2-6,9-14,16H2,1H3/t18-,19+/m0/s1. The van der Waals surface area contributed by atoms with Crippen LogP contribution in [0.3, 0.4) is 0 Å². The molecule has 0 amide bonds. The number of hydrogen-bond donors (Lipinski definition) is 1. The van der Waals surface area contributed by atoms with Crippen LogP contribution in [-0.4, -0.2) is 58.7 Å². The van der Waals surface area contributed by atoms with E-state index in [0.717, 1.165) is 49.1 Å². The van der Waals surface area contributed by atoms with Crippen LogP contribution in [0.25, 0.3) is 0 Å². The van der Waals surface area contributed by atoms with Crippen LogP contribution in [0.4, 0.5) is 0 Å². The Labute approximate surface area is 152 Å². The maximum Gasteiger partial charge on any atom is 0.109 e. The van der Waals surface area contributed by atoms with Gasteiger partial charge in [-0.25, -0.2) is 0 Å². The number of piperidine rings is 3. The van der Waals surface area contributed by atoms with Gasteiger partial charge in [-0.15, -0.1) is 0 Å². The van der Waals surface area contributed by atoms with E-state index >= 15 is 0 Å². The zero-order chi connectivity index (χ0) is 17.3. The van der Waals surface area contributed by atoms with Crippen LogP contribution in [-0.2, 0) is 5.60 Å². The number of aryl methyl sites for hydroxylation is 1. The van der Waals surface area contributed by atoms with Crippen LogP contribution in [0.15, 0.2) is 18.3 Å². The van der Waals surface area contributed by atoms with Crippen molar-refractivity contribution in [2.45, 2.75) is 63.5 Å². The lowest BCUT2D eigenvalue weighted by Crippen LogP contribution is -2.52. The summed E-state index contributed by atoms with van der Waals surface area (Å²) in [5, 5.41) is 11.0. The molecule has 3 saturated heterocycles. The van der Waals surface area contributed by atoms with E-state index in [-0.39, 0.29) is 0 Å². The first-order valence-electron chi connectivity index (χ1n) is 10.3. The van der Waals surface area contributed by atoms with Crippen LogP contribution in [0.2, 0.25) is 0 Å². The molecule has 4 rings (SSSR count). The summed E-state index contributed by atoms with van der Waals surface area (Å²) < 4.78 is 0. The number of nitrogens with zero attached hydrogens (tertiary/aromatic N) is 3. The second-order valence-electron chi connectivity index (χ2n) is 8.55. The summed E-state index contributed by atoms with van der Waals surface area (Å²) in [6.07, 6.45) is 10.5. The molecule has 4 heterocycles. The van der Waals surface area contributed by atoms with Gasteiger partial charge in [0.1, 0.15) is 5.60 Å². The Kier molecular flexibility index (Phi) is 5.12. The molecule has 3 fully saturated rings. The van der Waals surface area contributed by atoms with Crippen LogP contribution < -0.4 is 0 Å². The van der Waals surface area contributed by atoms with Crippen molar-refractivity contribution < 1.29 is 5.11 Å². The summed E-state index contributed by atoms with van der Waals surface area (Å²) in [6.45, 7) is 7.89. The molecule has 3 aliphatic rings. The second kappa shape index (κ2) is 7.34. The highest BCUT2D eigenvalue weighted by molar-refractivity contribution is 5.18. The van der Waals surface area contributed by atoms with E-state index in [0.29, 0.717) is 0 Å². The predicted molar refractivity (Wildman–Crippen MR) is 100 cm³/mol. The molecule has 1 N–H and O–H groups in total. The lowest BCUT2D eigenvalue weighted by atomic mass is 9.82. The van der Waals surface area contributed by atoms with Crippen molar-refractivity contribution in [2.24, 2.45) is 5.92 Å². The van der Waals surface area contributed by atoms with E-state index in [1.807, 2.05) is 19.2 Å². The van der Waals surface area contributed by atoms with E-state index < -0.39 is 5.60 Å². The van der Waals surface area contributed by atoms with Crippen LogP contribution in [0, 0.1) is 12.8 Å². The zero-order valence-electron chi connectivity index (χ0n) is 15.7. The molecule has 3 aliphatic heterocycles. The summed E-state index contributed by atoms with van der Waals surface area (Å²) in [5.74, 6) is 0.831. The quantitative estimate of drug-likeness (QED) is 0.916. The van der Waals surface area contributed by atoms with Gasteiger partial charge in [-0.1, -0.05) is 12.5 Å². The number of fused-ring (bicyclic) bond motifs is 1. The molecule has 0 bridgehead atoms. The van der Waals surface area contributed by atoms with Crippen molar-refractivity contribution in [3.8, 4) is 0 Å². The molecule has 4 nitrogen and oxygen atoms in total. The summed E-state index contributed by atoms with van der Waals surface area (Å²) in [6, 6.07) is 4.89. The van der Waals surface area contributed by atoms with Gasteiger partial charge in [-0.05, 0) is 76.1 Å². The minimum atomic E-state index is -0.729. The molecule has 0 spiro atoms. The van der Waals surface area contributed by atoms with Gasteiger partial charge in [0.2, 0.25) is 0 Å². The summed E-state index contributed by atoms with van der Waals surface area (Å²) in [5.41, 5.74) is 1.28. The number of likely N-dealkylation sites (tertiary alicyclic amines) is 1. The van der Waals surface area contributed by atoms with Gasteiger partial charge >= 0.3 is 0 Å². The highest BCUT2D eigenvalue weighted by Gasteiger charge is 2.38. The van der Waals surface area contributed by atoms with Gasteiger partial charge in [0.05, 0.1) is 5.69 Å². The fourth-order valence-corrected chi connectivity index (χ4v) is 5.23. The van der Waals surface area contributed by atoms with Gasteiger partial charge in [0.15, 0.2) is 0 Å². The van der Waals surface area contributed by atoms with Crippen molar-refractivity contribution >= 4 is 0 Å². The molecule has 1 aromatic heterocycles. The van der Waals surface area contributed by atoms with Crippen LogP contribution in [0.5, 0.6) is 0 Å². The molecule has 0 aromatic carbocycles. The molecule has 1 aromatic rings. The van der Waals surface area contributed by atoms with Gasteiger partial charge < -0.3 is 14.9 Å². The minimum Gasteiger partial charge on any atom is -0.383 e. The third kappa shape index (κ3) is 3.76. The largest absolute Gasteiger partial charge is 0.383 e. The normalized spacial score (nSPS) is 30.8. The first-order chi connectivity index (χ1) is 12.1. The average molecular weight is 344 g/mol. The number of hydrogen-bond acceptors (Lipinski definition) is 4. The second-order valence-corrected chi connectivity index (χ2v) is 8.55. The molecular weight excluding hydrogens is 310 g/mol. The van der Waals surface area contributed by atoms with Crippen LogP contribution >= 0.6 is 0 Å². The Balaban J connectivity index is 1.34. The highest BCUT2D eigenvalue weighted by atomic mass is 16.3. The molecule has 25 heavy (non-hydrogen) atoms. The van der Waals surface area contributed by atoms with Crippen molar-refractivity contribution in [3.05, 3.63) is 29.6 Å². The topological polar surface area (TPSA) is 39.6 Å². The van der Waals surface area contributed by atoms with Crippen molar-refractivity contribution in [1.82, 2.24) is 14.8 Å². The third-order valence-electron chi connectivity index (χ3n) is 6.79. The van der Waals surface area contributed by atoms with Crippen molar-refractivity contribution in [2.75, 3.05) is 32.7 Å². The van der Waals surface area contributed by atoms with E-state index in [9.17, 15) is 5.11 Å². The fourth-order valence-electron chi connectivity index (χ4n) is 5.23. The fraction of sp³-hybridized carbons (Fsp3) is 0.762. The van der Waals surface area contributed by atoms with E-state index in [2.05, 4.69) is 20.9 Å². The zero-order valence-corrected chi connectivity index (χ0v) is 15.7. The molecule has 138 valence electrons. The van der Waals surface area contributed by atoms with Gasteiger partial charge in [0, 0.05) is 31.9 Å². The van der Waals surface area contributed by atoms with Crippen LogP contribution in [0.1, 0.15) is 56.2 Å². The summed E-state index contributed by atoms with van der Waals surface area (Å²) >= 11 is 0. The minimum absolute atomic E-state index is 0.729. The summed E-state index contributed by atoms with van der Waals surface area (Å²) in [7, 11) is 0. The maximum atomic E-state index is 11.0.